The lowest BCUT2D eigenvalue weighted by Crippen LogP contribution is -2.39. The van der Waals surface area contributed by atoms with E-state index in [0.717, 1.165) is 16.8 Å². The molecule has 1 aliphatic carbocycles. The van der Waals surface area contributed by atoms with Crippen molar-refractivity contribution >= 4 is 12.9 Å². The molecule has 0 radical (unpaired) electrons. The molecule has 0 saturated heterocycles. The summed E-state index contributed by atoms with van der Waals surface area (Å²) in [5.74, 6) is 0.697. The van der Waals surface area contributed by atoms with Crippen molar-refractivity contribution in [3.8, 4) is 0 Å². The summed E-state index contributed by atoms with van der Waals surface area (Å²) in [6.07, 6.45) is 7.99. The molecule has 1 aliphatic rings. The Bertz CT molecular complexity index is 644. The summed E-state index contributed by atoms with van der Waals surface area (Å²) in [7, 11) is 3.91. The molecule has 25 heavy (non-hydrogen) atoms. The highest BCUT2D eigenvalue weighted by molar-refractivity contribution is 5.54. The van der Waals surface area contributed by atoms with E-state index in [4.69, 9.17) is 0 Å². The number of hydrogen-bond acceptors (Lipinski definition) is 6. The van der Waals surface area contributed by atoms with E-state index in [0.29, 0.717) is 25.3 Å². The fraction of sp³-hybridized carbons (Fsp3) is 0.474. The van der Waals surface area contributed by atoms with Crippen LogP contribution in [0.3, 0.4) is 0 Å². The van der Waals surface area contributed by atoms with E-state index in [1.165, 1.54) is 0 Å². The number of hydrogen-bond donors (Lipinski definition) is 0. The van der Waals surface area contributed by atoms with Gasteiger partial charge in [-0.2, -0.15) is 0 Å². The lowest BCUT2D eigenvalue weighted by Gasteiger charge is -2.36. The molecule has 136 valence electrons. The van der Waals surface area contributed by atoms with Gasteiger partial charge < -0.3 is 9.80 Å². The summed E-state index contributed by atoms with van der Waals surface area (Å²) < 4.78 is 0. The van der Waals surface area contributed by atoms with Crippen LogP contribution < -0.4 is 0 Å². The second-order valence-electron chi connectivity index (χ2n) is 6.43. The van der Waals surface area contributed by atoms with Crippen molar-refractivity contribution in [3.63, 3.8) is 0 Å². The third-order valence-corrected chi connectivity index (χ3v) is 4.33. The Morgan fingerprint density at radius 3 is 2.60 bits per heavy atom. The number of aliphatic imine (C=N–C) groups is 2. The number of nitroso groups, excluding NO2 is 1. The predicted octanol–water partition coefficient (Wildman–Crippen LogP) is 3.76. The molecule has 0 spiro atoms. The van der Waals surface area contributed by atoms with Crippen LogP contribution in [0.4, 0.5) is 0 Å². The first-order valence-electron chi connectivity index (χ1n) is 8.28. The molecule has 1 atom stereocenters. The van der Waals surface area contributed by atoms with Crippen LogP contribution in [-0.4, -0.2) is 55.5 Å². The molecule has 0 bridgehead atoms. The van der Waals surface area contributed by atoms with Crippen LogP contribution in [0.5, 0.6) is 0 Å². The molecule has 0 aromatic carbocycles. The summed E-state index contributed by atoms with van der Waals surface area (Å²) >= 11 is 0. The molecule has 0 heterocycles. The molecule has 0 N–H and O–H groups in total. The van der Waals surface area contributed by atoms with Crippen molar-refractivity contribution in [2.75, 3.05) is 27.2 Å². The maximum Gasteiger partial charge on any atom is 0.146 e. The van der Waals surface area contributed by atoms with E-state index in [1.807, 2.05) is 51.9 Å². The maximum absolute atomic E-state index is 11.5. The average molecular weight is 343 g/mol. The van der Waals surface area contributed by atoms with E-state index in [-0.39, 0.29) is 0 Å². The molecular formula is C19H29N5O. The van der Waals surface area contributed by atoms with Crippen LogP contribution in [0.15, 0.2) is 62.8 Å². The molecular weight excluding hydrogens is 314 g/mol. The first-order chi connectivity index (χ1) is 11.8. The maximum atomic E-state index is 11.5. The van der Waals surface area contributed by atoms with Gasteiger partial charge in [0.1, 0.15) is 11.4 Å². The average Bonchev–Trinajstić information content (AvgIpc) is 2.60. The van der Waals surface area contributed by atoms with Crippen LogP contribution in [0.2, 0.25) is 0 Å². The third kappa shape index (κ3) is 5.24. The Kier molecular flexibility index (Phi) is 7.48. The van der Waals surface area contributed by atoms with E-state index < -0.39 is 5.54 Å². The minimum absolute atomic E-state index is 0.579. The summed E-state index contributed by atoms with van der Waals surface area (Å²) in [5.41, 5.74) is 2.19. The Hall–Kier alpha value is -2.50. The lowest BCUT2D eigenvalue weighted by atomic mass is 9.85. The predicted molar refractivity (Wildman–Crippen MR) is 107 cm³/mol. The molecule has 6 nitrogen and oxygen atoms in total. The van der Waals surface area contributed by atoms with Gasteiger partial charge in [-0.3, -0.25) is 4.99 Å². The number of nitrogens with zero attached hydrogens (tertiary/aromatic N) is 5. The van der Waals surface area contributed by atoms with Crippen molar-refractivity contribution < 1.29 is 0 Å². The molecule has 0 amide bonds. The molecule has 0 saturated carbocycles. The standard InChI is InChI=1S/C19H29N5O/c1-8-21-14-18(20-5)24(7)12-11-23(6)17-13-16(15(2)3)9-10-19(17,4)22-25/h8-9,13-14H,2,5,10-12H2,1,3-4,6-7H3/b18-14+,21-8?. The van der Waals surface area contributed by atoms with Crippen LogP contribution >= 0.6 is 0 Å². The molecule has 0 aromatic rings. The Balaban J connectivity index is 2.91. The summed E-state index contributed by atoms with van der Waals surface area (Å²) in [6, 6.07) is 0. The smallest absolute Gasteiger partial charge is 0.146 e. The van der Waals surface area contributed by atoms with Crippen molar-refractivity contribution in [2.24, 2.45) is 15.2 Å². The Morgan fingerprint density at radius 1 is 1.40 bits per heavy atom. The van der Waals surface area contributed by atoms with Gasteiger partial charge in [0, 0.05) is 45.5 Å². The van der Waals surface area contributed by atoms with Crippen LogP contribution in [0, 0.1) is 4.91 Å². The number of allylic oxidation sites excluding steroid dienone is 3. The highest BCUT2D eigenvalue weighted by Gasteiger charge is 2.34. The molecule has 0 aromatic heterocycles. The quantitative estimate of drug-likeness (QED) is 0.473. The van der Waals surface area contributed by atoms with Gasteiger partial charge in [-0.15, -0.1) is 4.91 Å². The largest absolute Gasteiger partial charge is 0.374 e. The zero-order valence-electron chi connectivity index (χ0n) is 16.0. The van der Waals surface area contributed by atoms with E-state index in [2.05, 4.69) is 33.4 Å². The van der Waals surface area contributed by atoms with Crippen LogP contribution in [-0.2, 0) is 0 Å². The fourth-order valence-corrected chi connectivity index (χ4v) is 2.61. The lowest BCUT2D eigenvalue weighted by molar-refractivity contribution is 0.292. The molecule has 0 aliphatic heterocycles. The zero-order valence-corrected chi connectivity index (χ0v) is 16.0. The van der Waals surface area contributed by atoms with Gasteiger partial charge in [0.15, 0.2) is 0 Å². The van der Waals surface area contributed by atoms with E-state index >= 15 is 0 Å². The molecule has 1 unspecified atom stereocenters. The van der Waals surface area contributed by atoms with Gasteiger partial charge in [0.05, 0.1) is 6.20 Å². The monoisotopic (exact) mass is 343 g/mol. The molecule has 1 rings (SSSR count). The highest BCUT2D eigenvalue weighted by atomic mass is 16.3. The minimum Gasteiger partial charge on any atom is -0.374 e. The van der Waals surface area contributed by atoms with Gasteiger partial charge >= 0.3 is 0 Å². The fourth-order valence-electron chi connectivity index (χ4n) is 2.61. The first kappa shape index (κ1) is 20.5. The first-order valence-corrected chi connectivity index (χ1v) is 8.28. The van der Waals surface area contributed by atoms with Crippen molar-refractivity contribution in [3.05, 3.63) is 52.5 Å². The normalized spacial score (nSPS) is 20.8. The van der Waals surface area contributed by atoms with E-state index in [9.17, 15) is 4.91 Å². The van der Waals surface area contributed by atoms with Gasteiger partial charge in [-0.25, -0.2) is 4.99 Å². The van der Waals surface area contributed by atoms with Gasteiger partial charge in [-0.05, 0) is 39.1 Å². The van der Waals surface area contributed by atoms with Gasteiger partial charge in [0.25, 0.3) is 0 Å². The second kappa shape index (κ2) is 9.11. The number of likely N-dealkylation sites (N-methyl/N-ethyl adjacent to an activating group) is 2. The molecule has 6 heteroatoms. The van der Waals surface area contributed by atoms with Crippen molar-refractivity contribution in [1.29, 1.82) is 0 Å². The topological polar surface area (TPSA) is 60.6 Å². The highest BCUT2D eigenvalue weighted by Crippen LogP contribution is 2.34. The van der Waals surface area contributed by atoms with Crippen LogP contribution in [0.25, 0.3) is 0 Å². The summed E-state index contributed by atoms with van der Waals surface area (Å²) in [6.45, 7) is 14.7. The summed E-state index contributed by atoms with van der Waals surface area (Å²) in [4.78, 5) is 23.6. The Labute approximate surface area is 151 Å². The van der Waals surface area contributed by atoms with Gasteiger partial charge in [-0.1, -0.05) is 23.4 Å². The number of rotatable bonds is 9. The minimum atomic E-state index is -0.756. The zero-order chi connectivity index (χ0) is 19.0. The van der Waals surface area contributed by atoms with E-state index in [1.54, 1.807) is 12.4 Å². The van der Waals surface area contributed by atoms with Crippen LogP contribution in [0.1, 0.15) is 27.2 Å². The second-order valence-corrected chi connectivity index (χ2v) is 6.43. The van der Waals surface area contributed by atoms with Gasteiger partial charge in [0.2, 0.25) is 0 Å². The van der Waals surface area contributed by atoms with Crippen molar-refractivity contribution in [1.82, 2.24) is 9.80 Å². The SMILES string of the molecule is C=N/C(=C\N=CC)N(C)CCN(C)C1=CC(C(=C)C)=CCC1(C)N=O. The van der Waals surface area contributed by atoms with Crippen molar-refractivity contribution in [2.45, 2.75) is 32.7 Å². The molecule has 0 fully saturated rings. The Morgan fingerprint density at radius 2 is 2.08 bits per heavy atom. The third-order valence-electron chi connectivity index (χ3n) is 4.33. The summed E-state index contributed by atoms with van der Waals surface area (Å²) in [5, 5.41) is 3.39.